The van der Waals surface area contributed by atoms with Gasteiger partial charge in [0.25, 0.3) is 11.4 Å². The minimum atomic E-state index is -1.43. The number of benzene rings is 1. The van der Waals surface area contributed by atoms with Crippen LogP contribution < -0.4 is 31.9 Å². The third kappa shape index (κ3) is 33.7. The number of aliphatic hydroxyl groups is 6. The van der Waals surface area contributed by atoms with E-state index in [1.54, 1.807) is 0 Å². The van der Waals surface area contributed by atoms with Gasteiger partial charge >= 0.3 is 0 Å². The van der Waals surface area contributed by atoms with Gasteiger partial charge in [-0.3, -0.25) is 34.6 Å². The Kier molecular flexibility index (Phi) is 41.2. The van der Waals surface area contributed by atoms with Crippen molar-refractivity contribution in [2.45, 2.75) is 92.6 Å². The maximum Gasteiger partial charge on any atom is 0.299 e. The predicted molar refractivity (Wildman–Crippen MR) is 344 cm³/mol. The van der Waals surface area contributed by atoms with Crippen molar-refractivity contribution in [2.75, 3.05) is 194 Å². The van der Waals surface area contributed by atoms with Crippen molar-refractivity contribution in [2.24, 2.45) is 0 Å². The lowest BCUT2D eigenvalue weighted by atomic mass is 9.97. The Morgan fingerprint density at radius 1 is 0.546 bits per heavy atom. The van der Waals surface area contributed by atoms with E-state index >= 15 is 0 Å². The summed E-state index contributed by atoms with van der Waals surface area (Å²) in [5, 5.41) is 104. The average molecular weight is 1470 g/mol. The van der Waals surface area contributed by atoms with E-state index in [1.165, 1.54) is 6.07 Å². The van der Waals surface area contributed by atoms with E-state index < -0.39 is 113 Å². The zero-order chi connectivity index (χ0) is 70.0. The number of rotatable bonds is 55. The van der Waals surface area contributed by atoms with Crippen molar-refractivity contribution in [3.63, 3.8) is 0 Å². The first kappa shape index (κ1) is 82.4. The molecule has 5 rings (SSSR count). The van der Waals surface area contributed by atoms with E-state index in [4.69, 9.17) is 84.8 Å². The van der Waals surface area contributed by atoms with Crippen molar-refractivity contribution in [3.05, 3.63) is 49.0 Å². The number of nitro benzene ring substituents is 2. The topological polar surface area (TPSA) is 503 Å². The Morgan fingerprint density at radius 3 is 1.33 bits per heavy atom. The Balaban J connectivity index is 0.885. The standard InChI is InChI=1S/C55H88Cl2N12O26S2/c56-52-64-54(96-66-52)61-37-30-94-42(50(77)48(37)75)32-91-26-23-89-21-19-86-16-14-84-11-8-59-44(72)5-3-40(70)47(63-46(74)34-93-28-25-88-18-13-83-10-7-58-36-2-1-35(68(79)80)29-39(36)69(81)82)41(71)4-6-45(73)60-9-12-85-15-17-87-20-22-90-24-27-92-33-43-51(78)49(76)38(31-95-43)62-55-65-53(57)67-97-55/h1-2,29,37-38,40-43,47-51,58,70-71,75-78H,3-28,30-34H2,(H,59,72)(H,60,73)(H,63,74)(H,61,64,66)(H,62,65,67)/t37-,38-,40?,41?,42-,43-,47?,48-,49-,50+,51+/m1/s1. The smallest absolute Gasteiger partial charge is 0.299 e. The zero-order valence-electron chi connectivity index (χ0n) is 53.1. The molecule has 0 radical (unpaired) electrons. The van der Waals surface area contributed by atoms with E-state index in [-0.39, 0.29) is 214 Å². The molecule has 0 spiro atoms. The summed E-state index contributed by atoms with van der Waals surface area (Å²) in [6, 6.07) is 0.708. The number of ether oxygens (including phenoxy) is 13. The average Bonchev–Trinajstić information content (AvgIpc) is 1.73. The number of anilines is 3. The number of carbonyl (C=O) groups is 3. The number of aromatic nitrogens is 4. The summed E-state index contributed by atoms with van der Waals surface area (Å²) in [5.41, 5.74) is -0.782. The second-order valence-electron chi connectivity index (χ2n) is 21.2. The SMILES string of the molecule is O=C(CCC(O)C(NC(=O)COCCOCCOCCNc1ccc([N+](=O)[O-])cc1[N+](=O)[O-])C(O)CCC(=O)NCCOCCOCCOCCOC[C@H]1OC[C@@H](Nc2nc(Cl)ns2)[C@@H](O)[C@H]1O)NCCOCCOCCOCCOC[C@H]1OC[C@@H](Nc2nc(Cl)ns2)[C@@H](O)[C@H]1O. The van der Waals surface area contributed by atoms with Crippen molar-refractivity contribution in [1.29, 1.82) is 0 Å². The number of nitro groups is 2. The quantitative estimate of drug-likeness (QED) is 0.0170. The van der Waals surface area contributed by atoms with Crippen LogP contribution in [-0.4, -0.2) is 322 Å². The van der Waals surface area contributed by atoms with Gasteiger partial charge in [-0.15, -0.1) is 0 Å². The molecule has 12 N–H and O–H groups in total. The number of halogens is 2. The van der Waals surface area contributed by atoms with Crippen LogP contribution >= 0.6 is 46.3 Å². The summed E-state index contributed by atoms with van der Waals surface area (Å²) < 4.78 is 79.6. The van der Waals surface area contributed by atoms with Crippen LogP contribution in [0.3, 0.4) is 0 Å². The van der Waals surface area contributed by atoms with E-state index in [9.17, 15) is 65.3 Å². The number of hydrogen-bond acceptors (Lipinski definition) is 35. The molecule has 3 aromatic rings. The van der Waals surface area contributed by atoms with Gasteiger partial charge in [-0.25, -0.2) is 0 Å². The monoisotopic (exact) mass is 1470 g/mol. The molecule has 2 saturated heterocycles. The maximum absolute atomic E-state index is 13.0. The Morgan fingerprint density at radius 2 is 0.938 bits per heavy atom. The lowest BCUT2D eigenvalue weighted by molar-refractivity contribution is -0.393. The number of hydrogen-bond donors (Lipinski definition) is 12. The van der Waals surface area contributed by atoms with E-state index in [0.29, 0.717) is 10.3 Å². The third-order valence-corrected chi connectivity index (χ3v) is 15.9. The van der Waals surface area contributed by atoms with Gasteiger partial charge < -0.3 is 124 Å². The van der Waals surface area contributed by atoms with Gasteiger partial charge in [-0.1, -0.05) is 0 Å². The Bertz CT molecular complexity index is 2590. The molecule has 2 unspecified atom stereocenters. The largest absolute Gasteiger partial charge is 0.391 e. The van der Waals surface area contributed by atoms with Crippen molar-refractivity contribution in [1.82, 2.24) is 34.7 Å². The fourth-order valence-electron chi connectivity index (χ4n) is 8.97. The highest BCUT2D eigenvalue weighted by Gasteiger charge is 2.40. The van der Waals surface area contributed by atoms with Crippen LogP contribution in [0.15, 0.2) is 18.2 Å². The maximum atomic E-state index is 13.0. The van der Waals surface area contributed by atoms with Gasteiger partial charge in [0.1, 0.15) is 48.9 Å². The second kappa shape index (κ2) is 48.5. The second-order valence-corrected chi connectivity index (χ2v) is 23.4. The molecule has 1 aromatic carbocycles. The molecule has 2 aromatic heterocycles. The summed E-state index contributed by atoms with van der Waals surface area (Å²) in [4.78, 5) is 67.4. The molecular formula is C55H88Cl2N12O26S2. The van der Waals surface area contributed by atoms with Crippen LogP contribution in [0.25, 0.3) is 0 Å². The summed E-state index contributed by atoms with van der Waals surface area (Å²) >= 11 is 13.5. The highest BCUT2D eigenvalue weighted by atomic mass is 35.5. The van der Waals surface area contributed by atoms with Crippen LogP contribution in [0, 0.1) is 20.2 Å². The molecule has 42 heteroatoms. The predicted octanol–water partition coefficient (Wildman–Crippen LogP) is -1.69. The van der Waals surface area contributed by atoms with Gasteiger partial charge in [-0.2, -0.15) is 18.7 Å². The van der Waals surface area contributed by atoms with Crippen LogP contribution in [0.4, 0.5) is 27.3 Å². The van der Waals surface area contributed by atoms with Crippen molar-refractivity contribution >= 4 is 91.3 Å². The van der Waals surface area contributed by atoms with Gasteiger partial charge in [-0.05, 0) is 42.1 Å². The molecule has 4 heterocycles. The number of nitrogens with zero attached hydrogens (tertiary/aromatic N) is 6. The summed E-state index contributed by atoms with van der Waals surface area (Å²) in [7, 11) is 0. The number of carbonyl (C=O) groups excluding carboxylic acids is 3. The van der Waals surface area contributed by atoms with Gasteiger partial charge in [0, 0.05) is 61.6 Å². The molecular weight excluding hydrogens is 1380 g/mol. The zero-order valence-corrected chi connectivity index (χ0v) is 56.3. The first-order chi connectivity index (χ1) is 46.9. The van der Waals surface area contributed by atoms with Gasteiger partial charge in [0.15, 0.2) is 0 Å². The van der Waals surface area contributed by atoms with E-state index in [1.807, 2.05) is 0 Å². The molecule has 2 aliphatic rings. The molecule has 550 valence electrons. The normalized spacial score (nSPS) is 20.4. The van der Waals surface area contributed by atoms with Crippen LogP contribution in [0.1, 0.15) is 25.7 Å². The summed E-state index contributed by atoms with van der Waals surface area (Å²) in [6.07, 6.45) is -9.78. The first-order valence-electron chi connectivity index (χ1n) is 31.1. The van der Waals surface area contributed by atoms with E-state index in [2.05, 4.69) is 50.6 Å². The minimum Gasteiger partial charge on any atom is -0.391 e. The van der Waals surface area contributed by atoms with Crippen LogP contribution in [0.5, 0.6) is 0 Å². The first-order valence-corrected chi connectivity index (χ1v) is 33.4. The fraction of sp³-hybridized carbons (Fsp3) is 0.764. The minimum absolute atomic E-state index is 0.0299. The Hall–Kier alpha value is -5.23. The molecule has 10 atom stereocenters. The van der Waals surface area contributed by atoms with Crippen molar-refractivity contribution in [3.8, 4) is 0 Å². The number of amides is 3. The van der Waals surface area contributed by atoms with E-state index in [0.717, 1.165) is 35.2 Å². The molecule has 0 bridgehead atoms. The molecule has 0 saturated carbocycles. The summed E-state index contributed by atoms with van der Waals surface area (Å²) in [6.45, 7) is 3.91. The lowest BCUT2D eigenvalue weighted by Crippen LogP contribution is -2.56. The lowest BCUT2D eigenvalue weighted by Gasteiger charge is -2.37. The number of nitrogens with one attached hydrogen (secondary N) is 6. The van der Waals surface area contributed by atoms with Crippen LogP contribution in [-0.2, 0) is 76.0 Å². The molecule has 38 nitrogen and oxygen atoms in total. The highest BCUT2D eigenvalue weighted by molar-refractivity contribution is 7.10. The third-order valence-electron chi connectivity index (χ3n) is 14.0. The highest BCUT2D eigenvalue weighted by Crippen LogP contribution is 2.29. The summed E-state index contributed by atoms with van der Waals surface area (Å²) in [5.74, 6) is -1.59. The Labute approximate surface area is 575 Å². The van der Waals surface area contributed by atoms with Gasteiger partial charge in [0.05, 0.1) is 198 Å². The molecule has 97 heavy (non-hydrogen) atoms. The molecule has 0 aliphatic carbocycles. The van der Waals surface area contributed by atoms with Crippen molar-refractivity contribution < 1.29 is 116 Å². The molecule has 3 amide bonds. The number of aliphatic hydroxyl groups excluding tert-OH is 6. The fourth-order valence-corrected chi connectivity index (χ4v) is 10.5. The molecule has 2 fully saturated rings. The molecule has 2 aliphatic heterocycles. The van der Waals surface area contributed by atoms with Crippen LogP contribution in [0.2, 0.25) is 10.6 Å². The van der Waals surface area contributed by atoms with Gasteiger partial charge in [0.2, 0.25) is 38.6 Å². The number of non-ortho nitro benzene ring substituents is 1.